The van der Waals surface area contributed by atoms with Crippen LogP contribution in [0.4, 0.5) is 5.82 Å². The van der Waals surface area contributed by atoms with Gasteiger partial charge >= 0.3 is 0 Å². The number of anilines is 1. The normalized spacial score (nSPS) is 19.4. The molecule has 0 aliphatic heterocycles. The Kier molecular flexibility index (Phi) is 3.64. The molecule has 5 nitrogen and oxygen atoms in total. The van der Waals surface area contributed by atoms with Crippen molar-refractivity contribution < 1.29 is 8.42 Å². The average Bonchev–Trinajstić information content (AvgIpc) is 3.29. The minimum atomic E-state index is -3.54. The van der Waals surface area contributed by atoms with Gasteiger partial charge in [0, 0.05) is 19.3 Å². The topological polar surface area (TPSA) is 71.1 Å². The number of rotatable bonds is 6. The number of pyridine rings is 1. The number of sulfonamides is 1. The smallest absolute Gasteiger partial charge is 0.242 e. The molecule has 0 saturated heterocycles. The quantitative estimate of drug-likeness (QED) is 0.844. The van der Waals surface area contributed by atoms with Crippen LogP contribution in [0.5, 0.6) is 0 Å². The predicted molar refractivity (Wildman–Crippen MR) is 78.4 cm³/mol. The van der Waals surface area contributed by atoms with E-state index in [4.69, 9.17) is 11.6 Å². The lowest BCUT2D eigenvalue weighted by Gasteiger charge is -2.17. The molecule has 2 aliphatic carbocycles. The zero-order valence-electron chi connectivity index (χ0n) is 11.3. The zero-order chi connectivity index (χ0) is 14.3. The Labute approximate surface area is 124 Å². The van der Waals surface area contributed by atoms with Crippen LogP contribution in [0.1, 0.15) is 25.7 Å². The summed E-state index contributed by atoms with van der Waals surface area (Å²) < 4.78 is 27.7. The van der Waals surface area contributed by atoms with E-state index in [0.717, 1.165) is 25.7 Å². The molecule has 0 spiro atoms. The summed E-state index contributed by atoms with van der Waals surface area (Å²) in [6, 6.07) is 1.53. The average molecular weight is 316 g/mol. The van der Waals surface area contributed by atoms with Gasteiger partial charge in [0.25, 0.3) is 0 Å². The van der Waals surface area contributed by atoms with Crippen LogP contribution in [0, 0.1) is 11.8 Å². The second kappa shape index (κ2) is 5.16. The van der Waals surface area contributed by atoms with Crippen LogP contribution in [0.3, 0.4) is 0 Å². The first-order valence-electron chi connectivity index (χ1n) is 6.87. The third kappa shape index (κ3) is 2.92. The lowest BCUT2D eigenvalue weighted by atomic mass is 10.1. The van der Waals surface area contributed by atoms with Crippen LogP contribution < -0.4 is 10.0 Å². The van der Waals surface area contributed by atoms with Crippen molar-refractivity contribution >= 4 is 27.4 Å². The van der Waals surface area contributed by atoms with Gasteiger partial charge in [-0.2, -0.15) is 0 Å². The van der Waals surface area contributed by atoms with Crippen molar-refractivity contribution in [2.45, 2.75) is 36.6 Å². The van der Waals surface area contributed by atoms with E-state index in [1.807, 2.05) is 0 Å². The van der Waals surface area contributed by atoms with Crippen LogP contribution in [0.2, 0.25) is 5.02 Å². The molecular weight excluding hydrogens is 298 g/mol. The van der Waals surface area contributed by atoms with Crippen LogP contribution in [0.15, 0.2) is 17.2 Å². The fourth-order valence-corrected chi connectivity index (χ4v) is 4.16. The molecule has 0 aromatic carbocycles. The number of aromatic nitrogens is 1. The summed E-state index contributed by atoms with van der Waals surface area (Å²) in [5.74, 6) is 1.50. The molecule has 0 atom stereocenters. The predicted octanol–water partition coefficient (Wildman–Crippen LogP) is 2.24. The van der Waals surface area contributed by atoms with Gasteiger partial charge in [0.05, 0.1) is 5.02 Å². The monoisotopic (exact) mass is 315 g/mol. The number of hydrogen-bond donors (Lipinski definition) is 2. The Balaban J connectivity index is 1.81. The minimum absolute atomic E-state index is 0.0859. The summed E-state index contributed by atoms with van der Waals surface area (Å²) in [7, 11) is -1.85. The highest BCUT2D eigenvalue weighted by atomic mass is 35.5. The van der Waals surface area contributed by atoms with Crippen molar-refractivity contribution in [2.75, 3.05) is 12.4 Å². The summed E-state index contributed by atoms with van der Waals surface area (Å²) in [4.78, 5) is 4.16. The van der Waals surface area contributed by atoms with E-state index in [-0.39, 0.29) is 10.9 Å². The molecule has 0 unspecified atom stereocenters. The molecule has 0 bridgehead atoms. The van der Waals surface area contributed by atoms with Gasteiger partial charge in [-0.15, -0.1) is 0 Å². The van der Waals surface area contributed by atoms with Gasteiger partial charge in [-0.1, -0.05) is 11.6 Å². The Morgan fingerprint density at radius 2 is 1.90 bits per heavy atom. The van der Waals surface area contributed by atoms with Crippen molar-refractivity contribution in [1.82, 2.24) is 9.71 Å². The van der Waals surface area contributed by atoms with Crippen molar-refractivity contribution in [1.29, 1.82) is 0 Å². The van der Waals surface area contributed by atoms with E-state index in [2.05, 4.69) is 15.0 Å². The summed E-state index contributed by atoms with van der Waals surface area (Å²) in [6.45, 7) is 0. The first kappa shape index (κ1) is 14.1. The second-order valence-electron chi connectivity index (χ2n) is 5.57. The van der Waals surface area contributed by atoms with E-state index in [0.29, 0.717) is 22.7 Å². The zero-order valence-corrected chi connectivity index (χ0v) is 12.8. The highest BCUT2D eigenvalue weighted by Gasteiger charge is 2.43. The van der Waals surface area contributed by atoms with E-state index in [9.17, 15) is 8.42 Å². The number of hydrogen-bond acceptors (Lipinski definition) is 4. The van der Waals surface area contributed by atoms with Gasteiger partial charge in [-0.3, -0.25) is 0 Å². The van der Waals surface area contributed by atoms with E-state index >= 15 is 0 Å². The molecule has 1 aromatic heterocycles. The Morgan fingerprint density at radius 1 is 1.30 bits per heavy atom. The molecule has 7 heteroatoms. The molecule has 2 aliphatic rings. The molecule has 1 aromatic rings. The molecule has 110 valence electrons. The molecule has 20 heavy (non-hydrogen) atoms. The van der Waals surface area contributed by atoms with Gasteiger partial charge in [0.1, 0.15) is 10.7 Å². The fraction of sp³-hybridized carbons (Fsp3) is 0.615. The van der Waals surface area contributed by atoms with Crippen molar-refractivity contribution in [3.8, 4) is 0 Å². The second-order valence-corrected chi connectivity index (χ2v) is 7.69. The number of halogens is 1. The largest absolute Gasteiger partial charge is 0.372 e. The molecular formula is C13H18ClN3O2S. The SMILES string of the molecule is CNc1ncc(S(=O)(=O)NC(C2CC2)C2CC2)cc1Cl. The van der Waals surface area contributed by atoms with E-state index < -0.39 is 10.0 Å². The van der Waals surface area contributed by atoms with Gasteiger partial charge in [0.2, 0.25) is 10.0 Å². The minimum Gasteiger partial charge on any atom is -0.372 e. The molecule has 2 N–H and O–H groups in total. The van der Waals surface area contributed by atoms with Crippen molar-refractivity contribution in [3.05, 3.63) is 17.3 Å². The van der Waals surface area contributed by atoms with Crippen LogP contribution >= 0.6 is 11.6 Å². The third-order valence-electron chi connectivity index (χ3n) is 3.91. The maximum absolute atomic E-state index is 12.4. The molecule has 0 amide bonds. The van der Waals surface area contributed by atoms with Crippen LogP contribution in [0.25, 0.3) is 0 Å². The lowest BCUT2D eigenvalue weighted by molar-refractivity contribution is 0.471. The number of nitrogens with one attached hydrogen (secondary N) is 2. The fourth-order valence-electron chi connectivity index (χ4n) is 2.49. The Bertz CT molecular complexity index is 600. The lowest BCUT2D eigenvalue weighted by Crippen LogP contribution is -2.38. The first-order valence-corrected chi connectivity index (χ1v) is 8.73. The summed E-state index contributed by atoms with van der Waals surface area (Å²) in [6.07, 6.45) is 5.85. The van der Waals surface area contributed by atoms with Gasteiger partial charge < -0.3 is 5.32 Å². The highest BCUT2D eigenvalue weighted by molar-refractivity contribution is 7.89. The van der Waals surface area contributed by atoms with Crippen molar-refractivity contribution in [2.24, 2.45) is 11.8 Å². The van der Waals surface area contributed by atoms with E-state index in [1.54, 1.807) is 7.05 Å². The molecule has 2 saturated carbocycles. The Morgan fingerprint density at radius 3 is 2.35 bits per heavy atom. The first-order chi connectivity index (χ1) is 9.51. The standard InChI is InChI=1S/C13H18ClN3O2S/c1-15-13-11(14)6-10(7-16-13)20(18,19)17-12(8-2-3-8)9-4-5-9/h6-9,12,17H,2-5H2,1H3,(H,15,16). The van der Waals surface area contributed by atoms with Crippen molar-refractivity contribution in [3.63, 3.8) is 0 Å². The highest BCUT2D eigenvalue weighted by Crippen LogP contribution is 2.45. The van der Waals surface area contributed by atoms with E-state index in [1.165, 1.54) is 12.3 Å². The molecule has 1 heterocycles. The van der Waals surface area contributed by atoms with Gasteiger partial charge in [-0.05, 0) is 43.6 Å². The van der Waals surface area contributed by atoms with Gasteiger partial charge in [-0.25, -0.2) is 18.1 Å². The maximum atomic E-state index is 12.4. The molecule has 2 fully saturated rings. The number of nitrogens with zero attached hydrogens (tertiary/aromatic N) is 1. The Hall–Kier alpha value is -0.850. The van der Waals surface area contributed by atoms with Crippen LogP contribution in [-0.2, 0) is 10.0 Å². The molecule has 3 rings (SSSR count). The summed E-state index contributed by atoms with van der Waals surface area (Å²) in [5.41, 5.74) is 0. The van der Waals surface area contributed by atoms with Gasteiger partial charge in [0.15, 0.2) is 0 Å². The summed E-state index contributed by atoms with van der Waals surface area (Å²) in [5, 5.41) is 3.12. The maximum Gasteiger partial charge on any atom is 0.242 e. The summed E-state index contributed by atoms with van der Waals surface area (Å²) >= 11 is 6.00. The van der Waals surface area contributed by atoms with Crippen LogP contribution in [-0.4, -0.2) is 26.5 Å². The third-order valence-corrected chi connectivity index (χ3v) is 5.63. The molecule has 0 radical (unpaired) electrons.